The average Bonchev–Trinajstić information content (AvgIpc) is 2.89. The summed E-state index contributed by atoms with van der Waals surface area (Å²) in [5, 5.41) is 2.97. The molecule has 1 N–H and O–H groups in total. The van der Waals surface area contributed by atoms with Crippen LogP contribution in [0.3, 0.4) is 0 Å². The van der Waals surface area contributed by atoms with Gasteiger partial charge < -0.3 is 9.88 Å². The zero-order chi connectivity index (χ0) is 17.1. The van der Waals surface area contributed by atoms with Crippen molar-refractivity contribution in [3.05, 3.63) is 58.3 Å². The number of para-hydroxylation sites is 2. The molecule has 3 rings (SSSR count). The van der Waals surface area contributed by atoms with Crippen molar-refractivity contribution < 1.29 is 4.79 Å². The topological polar surface area (TPSA) is 46.9 Å². The molecule has 0 aliphatic heterocycles. The molecule has 0 saturated carbocycles. The third kappa shape index (κ3) is 3.65. The molecule has 4 nitrogen and oxygen atoms in total. The molecular weight excluding hydrogens is 386 g/mol. The smallest absolute Gasteiger partial charge is 0.244 e. The zero-order valence-corrected chi connectivity index (χ0v) is 15.9. The Morgan fingerprint density at radius 2 is 2.08 bits per heavy atom. The van der Waals surface area contributed by atoms with Crippen LogP contribution in [0.4, 0.5) is 5.69 Å². The predicted molar refractivity (Wildman–Crippen MR) is 104 cm³/mol. The first-order valence-electron chi connectivity index (χ1n) is 7.57. The summed E-state index contributed by atoms with van der Waals surface area (Å²) in [5.74, 6) is 1.65. The van der Waals surface area contributed by atoms with Crippen LogP contribution in [0.25, 0.3) is 11.0 Å². The molecule has 24 heavy (non-hydrogen) atoms. The highest BCUT2D eigenvalue weighted by Crippen LogP contribution is 2.21. The largest absolute Gasteiger partial charge is 0.325 e. The highest BCUT2D eigenvalue weighted by molar-refractivity contribution is 9.10. The van der Waals surface area contributed by atoms with E-state index in [1.807, 2.05) is 60.2 Å². The van der Waals surface area contributed by atoms with E-state index in [9.17, 15) is 4.79 Å². The molecule has 0 fully saturated rings. The summed E-state index contributed by atoms with van der Waals surface area (Å²) in [6, 6.07) is 13.7. The number of hydrogen-bond acceptors (Lipinski definition) is 3. The molecule has 0 bridgehead atoms. The lowest BCUT2D eigenvalue weighted by molar-refractivity contribution is -0.116. The quantitative estimate of drug-likeness (QED) is 0.676. The van der Waals surface area contributed by atoms with Crippen LogP contribution < -0.4 is 5.32 Å². The Morgan fingerprint density at radius 1 is 1.29 bits per heavy atom. The molecule has 2 aromatic carbocycles. The van der Waals surface area contributed by atoms with Gasteiger partial charge in [0.25, 0.3) is 0 Å². The Labute approximate surface area is 153 Å². The molecule has 1 heterocycles. The molecular formula is C18H18BrN3OS. The standard InChI is InChI=1S/C18H18BrN3OS/c1-12-9-13(7-8-14(12)19)20-18(23)10-22-16-6-4-3-5-15(16)21-17(22)11-24-2/h3-9H,10-11H2,1-2H3,(H,20,23). The van der Waals surface area contributed by atoms with E-state index in [-0.39, 0.29) is 12.5 Å². The Balaban J connectivity index is 1.84. The highest BCUT2D eigenvalue weighted by Gasteiger charge is 2.13. The molecule has 3 aromatic rings. The van der Waals surface area contributed by atoms with Crippen LogP contribution in [-0.4, -0.2) is 21.7 Å². The van der Waals surface area contributed by atoms with Gasteiger partial charge >= 0.3 is 0 Å². The molecule has 0 atom stereocenters. The number of carbonyl (C=O) groups is 1. The van der Waals surface area contributed by atoms with E-state index >= 15 is 0 Å². The van der Waals surface area contributed by atoms with Crippen LogP contribution in [0.2, 0.25) is 0 Å². The number of nitrogens with zero attached hydrogens (tertiary/aromatic N) is 2. The third-order valence-electron chi connectivity index (χ3n) is 3.75. The number of thioether (sulfide) groups is 1. The Hall–Kier alpha value is -1.79. The number of aryl methyl sites for hydroxylation is 1. The molecule has 1 aromatic heterocycles. The highest BCUT2D eigenvalue weighted by atomic mass is 79.9. The van der Waals surface area contributed by atoms with Crippen LogP contribution in [0.15, 0.2) is 46.9 Å². The molecule has 0 aliphatic rings. The van der Waals surface area contributed by atoms with Crippen LogP contribution >= 0.6 is 27.7 Å². The maximum atomic E-state index is 12.5. The number of imidazole rings is 1. The molecule has 0 spiro atoms. The van der Waals surface area contributed by atoms with Crippen molar-refractivity contribution in [1.82, 2.24) is 9.55 Å². The second kappa shape index (κ2) is 7.40. The van der Waals surface area contributed by atoms with Gasteiger partial charge in [0.1, 0.15) is 12.4 Å². The van der Waals surface area contributed by atoms with Crippen LogP contribution in [0.5, 0.6) is 0 Å². The summed E-state index contributed by atoms with van der Waals surface area (Å²) in [6.07, 6.45) is 2.04. The molecule has 0 saturated heterocycles. The number of fused-ring (bicyclic) bond motifs is 1. The van der Waals surface area contributed by atoms with Gasteiger partial charge in [-0.2, -0.15) is 11.8 Å². The number of amides is 1. The molecule has 124 valence electrons. The van der Waals surface area contributed by atoms with Crippen molar-refractivity contribution in [1.29, 1.82) is 0 Å². The number of hydrogen-bond donors (Lipinski definition) is 1. The van der Waals surface area contributed by atoms with Crippen LogP contribution in [0, 0.1) is 6.92 Å². The fraction of sp³-hybridized carbons (Fsp3) is 0.222. The number of rotatable bonds is 5. The van der Waals surface area contributed by atoms with Crippen molar-refractivity contribution in [2.45, 2.75) is 19.2 Å². The average molecular weight is 404 g/mol. The minimum absolute atomic E-state index is 0.0535. The summed E-state index contributed by atoms with van der Waals surface area (Å²) < 4.78 is 3.02. The van der Waals surface area contributed by atoms with E-state index in [2.05, 4.69) is 26.2 Å². The van der Waals surface area contributed by atoms with Gasteiger partial charge in [-0.1, -0.05) is 28.1 Å². The number of nitrogens with one attached hydrogen (secondary N) is 1. The Morgan fingerprint density at radius 3 is 2.83 bits per heavy atom. The third-order valence-corrected chi connectivity index (χ3v) is 5.19. The molecule has 1 amide bonds. The molecule has 0 radical (unpaired) electrons. The summed E-state index contributed by atoms with van der Waals surface area (Å²) in [6.45, 7) is 2.26. The normalized spacial score (nSPS) is 11.0. The SMILES string of the molecule is CSCc1nc2ccccc2n1CC(=O)Nc1ccc(Br)c(C)c1. The fourth-order valence-corrected chi connectivity index (χ4v) is 3.33. The van der Waals surface area contributed by atoms with Gasteiger partial charge in [-0.3, -0.25) is 4.79 Å². The molecule has 0 unspecified atom stereocenters. The van der Waals surface area contributed by atoms with Gasteiger partial charge in [0, 0.05) is 10.2 Å². The summed E-state index contributed by atoms with van der Waals surface area (Å²) >= 11 is 5.17. The van der Waals surface area contributed by atoms with Gasteiger partial charge in [-0.05, 0) is 49.1 Å². The maximum absolute atomic E-state index is 12.5. The second-order valence-electron chi connectivity index (χ2n) is 5.55. The monoisotopic (exact) mass is 403 g/mol. The number of carbonyl (C=O) groups excluding carboxylic acids is 1. The lowest BCUT2D eigenvalue weighted by Crippen LogP contribution is -2.20. The minimum atomic E-state index is -0.0535. The van der Waals surface area contributed by atoms with E-state index < -0.39 is 0 Å². The fourth-order valence-electron chi connectivity index (χ4n) is 2.61. The van der Waals surface area contributed by atoms with Gasteiger partial charge in [-0.25, -0.2) is 4.98 Å². The lowest BCUT2D eigenvalue weighted by atomic mass is 10.2. The zero-order valence-electron chi connectivity index (χ0n) is 13.5. The van der Waals surface area contributed by atoms with Crippen molar-refractivity contribution in [3.63, 3.8) is 0 Å². The van der Waals surface area contributed by atoms with Crippen molar-refractivity contribution in [2.24, 2.45) is 0 Å². The predicted octanol–water partition coefficient (Wildman–Crippen LogP) is 4.61. The number of halogens is 1. The summed E-state index contributed by atoms with van der Waals surface area (Å²) in [7, 11) is 0. The second-order valence-corrected chi connectivity index (χ2v) is 7.27. The minimum Gasteiger partial charge on any atom is -0.325 e. The Kier molecular flexibility index (Phi) is 5.26. The summed E-state index contributed by atoms with van der Waals surface area (Å²) in [5.41, 5.74) is 3.80. The van der Waals surface area contributed by atoms with E-state index in [0.717, 1.165) is 38.3 Å². The Bertz CT molecular complexity index is 891. The van der Waals surface area contributed by atoms with Gasteiger partial charge in [0.05, 0.1) is 16.8 Å². The first kappa shape index (κ1) is 17.0. The van der Waals surface area contributed by atoms with Crippen molar-refractivity contribution in [3.8, 4) is 0 Å². The number of anilines is 1. The summed E-state index contributed by atoms with van der Waals surface area (Å²) in [4.78, 5) is 17.1. The van der Waals surface area contributed by atoms with Gasteiger partial charge in [-0.15, -0.1) is 0 Å². The lowest BCUT2D eigenvalue weighted by Gasteiger charge is -2.10. The van der Waals surface area contributed by atoms with Crippen LogP contribution in [-0.2, 0) is 17.1 Å². The first-order chi connectivity index (χ1) is 11.6. The molecule has 0 aliphatic carbocycles. The first-order valence-corrected chi connectivity index (χ1v) is 9.76. The van der Waals surface area contributed by atoms with E-state index in [4.69, 9.17) is 0 Å². The van der Waals surface area contributed by atoms with E-state index in [0.29, 0.717) is 0 Å². The molecule has 6 heteroatoms. The van der Waals surface area contributed by atoms with Gasteiger partial charge in [0.15, 0.2) is 0 Å². The van der Waals surface area contributed by atoms with Crippen molar-refractivity contribution in [2.75, 3.05) is 11.6 Å². The number of benzene rings is 2. The number of aromatic nitrogens is 2. The van der Waals surface area contributed by atoms with Gasteiger partial charge in [0.2, 0.25) is 5.91 Å². The van der Waals surface area contributed by atoms with E-state index in [1.165, 1.54) is 0 Å². The van der Waals surface area contributed by atoms with Crippen molar-refractivity contribution >= 4 is 50.3 Å². The maximum Gasteiger partial charge on any atom is 0.244 e. The van der Waals surface area contributed by atoms with Crippen LogP contribution in [0.1, 0.15) is 11.4 Å². The van der Waals surface area contributed by atoms with E-state index in [1.54, 1.807) is 11.8 Å².